The highest BCUT2D eigenvalue weighted by Gasteiger charge is 2.02. The first kappa shape index (κ1) is 12.4. The second kappa shape index (κ2) is 6.74. The molecule has 1 aromatic rings. The number of ether oxygens (including phenoxy) is 1. The van der Waals surface area contributed by atoms with Crippen molar-refractivity contribution in [1.29, 1.82) is 0 Å². The summed E-state index contributed by atoms with van der Waals surface area (Å²) in [4.78, 5) is 11.0. The molecule has 4 nitrogen and oxygen atoms in total. The summed E-state index contributed by atoms with van der Waals surface area (Å²) in [5.41, 5.74) is 7.86. The second-order valence-electron chi connectivity index (χ2n) is 2.86. The normalized spacial score (nSPS) is 10.8. The Labute approximate surface area is 99.2 Å². The van der Waals surface area contributed by atoms with Gasteiger partial charge in [0.25, 0.3) is 0 Å². The van der Waals surface area contributed by atoms with Crippen molar-refractivity contribution in [1.82, 2.24) is 10.9 Å². The minimum absolute atomic E-state index is 0.318. The smallest absolute Gasteiger partial charge is 0.425 e. The Morgan fingerprint density at radius 2 is 2.06 bits per heavy atom. The number of halogens is 1. The van der Waals surface area contributed by atoms with Crippen LogP contribution in [-0.4, -0.2) is 12.7 Å². The molecule has 86 valence electrons. The zero-order valence-electron chi connectivity index (χ0n) is 8.87. The van der Waals surface area contributed by atoms with E-state index in [1.54, 1.807) is 6.92 Å². The number of hydrogen-bond acceptors (Lipinski definition) is 3. The van der Waals surface area contributed by atoms with Crippen molar-refractivity contribution in [3.63, 3.8) is 0 Å². The average molecular weight is 241 g/mol. The van der Waals surface area contributed by atoms with Crippen LogP contribution in [0.4, 0.5) is 4.79 Å². The molecule has 1 rings (SSSR count). The molecule has 1 aromatic carbocycles. The number of benzene rings is 1. The summed E-state index contributed by atoms with van der Waals surface area (Å²) in [6.07, 6.45) is -0.547. The molecule has 1 amide bonds. The molecule has 2 N–H and O–H groups in total. The van der Waals surface area contributed by atoms with Crippen LogP contribution in [0, 0.1) is 0 Å². The largest absolute Gasteiger partial charge is 0.449 e. The molecule has 0 fully saturated rings. The lowest BCUT2D eigenvalue weighted by Crippen LogP contribution is -2.36. The molecule has 0 bridgehead atoms. The SMILES string of the molecule is CCOC(=O)NN/C(=C/Cl)c1ccccc1. The van der Waals surface area contributed by atoms with Gasteiger partial charge in [0.2, 0.25) is 0 Å². The van der Waals surface area contributed by atoms with Gasteiger partial charge in [-0.1, -0.05) is 41.9 Å². The van der Waals surface area contributed by atoms with E-state index in [2.05, 4.69) is 15.6 Å². The van der Waals surface area contributed by atoms with Gasteiger partial charge in [-0.3, -0.25) is 5.43 Å². The zero-order valence-corrected chi connectivity index (χ0v) is 9.62. The molecule has 0 unspecified atom stereocenters. The van der Waals surface area contributed by atoms with E-state index in [4.69, 9.17) is 11.6 Å². The van der Waals surface area contributed by atoms with Gasteiger partial charge in [0.15, 0.2) is 0 Å². The molecule has 0 aliphatic heterocycles. The molecule has 0 saturated carbocycles. The fraction of sp³-hybridized carbons (Fsp3) is 0.182. The van der Waals surface area contributed by atoms with Crippen molar-refractivity contribution in [2.75, 3.05) is 6.61 Å². The van der Waals surface area contributed by atoms with Gasteiger partial charge in [0, 0.05) is 11.1 Å². The number of carbonyl (C=O) groups excluding carboxylic acids is 1. The first-order valence-electron chi connectivity index (χ1n) is 4.82. The zero-order chi connectivity index (χ0) is 11.8. The van der Waals surface area contributed by atoms with Crippen LogP contribution in [0.3, 0.4) is 0 Å². The first-order chi connectivity index (χ1) is 7.77. The molecule has 0 atom stereocenters. The second-order valence-corrected chi connectivity index (χ2v) is 3.08. The van der Waals surface area contributed by atoms with E-state index in [9.17, 15) is 4.79 Å². The topological polar surface area (TPSA) is 50.4 Å². The molecule has 0 heterocycles. The quantitative estimate of drug-likeness (QED) is 0.795. The third kappa shape index (κ3) is 3.82. The van der Waals surface area contributed by atoms with Crippen LogP contribution in [-0.2, 0) is 4.74 Å². The number of hydrazine groups is 1. The molecule has 0 aliphatic carbocycles. The van der Waals surface area contributed by atoms with E-state index in [-0.39, 0.29) is 0 Å². The average Bonchev–Trinajstić information content (AvgIpc) is 2.31. The van der Waals surface area contributed by atoms with Gasteiger partial charge in [0.1, 0.15) is 0 Å². The van der Waals surface area contributed by atoms with Crippen LogP contribution in [0.1, 0.15) is 12.5 Å². The van der Waals surface area contributed by atoms with Crippen molar-refractivity contribution in [3.8, 4) is 0 Å². The number of amides is 1. The minimum atomic E-state index is -0.547. The maximum Gasteiger partial charge on any atom is 0.425 e. The van der Waals surface area contributed by atoms with E-state index < -0.39 is 6.09 Å². The van der Waals surface area contributed by atoms with Gasteiger partial charge in [-0.15, -0.1) is 0 Å². The highest BCUT2D eigenvalue weighted by molar-refractivity contribution is 6.28. The van der Waals surface area contributed by atoms with Crippen molar-refractivity contribution in [2.24, 2.45) is 0 Å². The van der Waals surface area contributed by atoms with Crippen LogP contribution in [0.5, 0.6) is 0 Å². The van der Waals surface area contributed by atoms with Crippen LogP contribution >= 0.6 is 11.6 Å². The summed E-state index contributed by atoms with van der Waals surface area (Å²) < 4.78 is 4.69. The molecule has 0 aliphatic rings. The van der Waals surface area contributed by atoms with E-state index in [1.165, 1.54) is 5.54 Å². The van der Waals surface area contributed by atoms with Crippen LogP contribution in [0.2, 0.25) is 0 Å². The monoisotopic (exact) mass is 240 g/mol. The number of carbonyl (C=O) groups is 1. The fourth-order valence-corrected chi connectivity index (χ4v) is 1.25. The highest BCUT2D eigenvalue weighted by Crippen LogP contribution is 2.10. The van der Waals surface area contributed by atoms with Gasteiger partial charge in [-0.05, 0) is 6.92 Å². The van der Waals surface area contributed by atoms with Crippen molar-refractivity contribution in [3.05, 3.63) is 41.4 Å². The number of hydrogen-bond donors (Lipinski definition) is 2. The van der Waals surface area contributed by atoms with Crippen LogP contribution in [0.15, 0.2) is 35.9 Å². The highest BCUT2D eigenvalue weighted by atomic mass is 35.5. The predicted molar refractivity (Wildman–Crippen MR) is 63.6 cm³/mol. The lowest BCUT2D eigenvalue weighted by atomic mass is 10.2. The van der Waals surface area contributed by atoms with E-state index in [0.29, 0.717) is 12.3 Å². The van der Waals surface area contributed by atoms with Gasteiger partial charge in [0.05, 0.1) is 12.3 Å². The summed E-state index contributed by atoms with van der Waals surface area (Å²) in [6, 6.07) is 9.39. The number of rotatable bonds is 4. The Morgan fingerprint density at radius 1 is 1.38 bits per heavy atom. The van der Waals surface area contributed by atoms with Crippen molar-refractivity contribution >= 4 is 23.4 Å². The van der Waals surface area contributed by atoms with Crippen LogP contribution in [0.25, 0.3) is 5.70 Å². The van der Waals surface area contributed by atoms with E-state index >= 15 is 0 Å². The Kier molecular flexibility index (Phi) is 5.22. The third-order valence-electron chi connectivity index (χ3n) is 1.77. The summed E-state index contributed by atoms with van der Waals surface area (Å²) in [5, 5.41) is 0. The van der Waals surface area contributed by atoms with Crippen molar-refractivity contribution < 1.29 is 9.53 Å². The Hall–Kier alpha value is -1.68. The maximum atomic E-state index is 11.0. The summed E-state index contributed by atoms with van der Waals surface area (Å²) >= 11 is 5.65. The molecular formula is C11H13ClN2O2. The lowest BCUT2D eigenvalue weighted by molar-refractivity contribution is 0.149. The van der Waals surface area contributed by atoms with E-state index in [1.807, 2.05) is 30.3 Å². The Balaban J connectivity index is 2.55. The summed E-state index contributed by atoms with van der Waals surface area (Å²) in [7, 11) is 0. The molecule has 0 saturated heterocycles. The van der Waals surface area contributed by atoms with Gasteiger partial charge in [-0.2, -0.15) is 0 Å². The predicted octanol–water partition coefficient (Wildman–Crippen LogP) is 2.47. The summed E-state index contributed by atoms with van der Waals surface area (Å²) in [5.74, 6) is 0. The molecule has 5 heteroatoms. The lowest BCUT2D eigenvalue weighted by Gasteiger charge is -2.11. The van der Waals surface area contributed by atoms with E-state index in [0.717, 1.165) is 5.56 Å². The maximum absolute atomic E-state index is 11.0. The standard InChI is InChI=1S/C11H13ClN2O2/c1-2-16-11(15)14-13-10(8-12)9-6-4-3-5-7-9/h3-8,13H,2H2,1H3,(H,14,15)/b10-8+. The van der Waals surface area contributed by atoms with Crippen molar-refractivity contribution in [2.45, 2.75) is 6.92 Å². The van der Waals surface area contributed by atoms with Gasteiger partial charge in [-0.25, -0.2) is 10.2 Å². The van der Waals surface area contributed by atoms with Gasteiger partial charge >= 0.3 is 6.09 Å². The fourth-order valence-electron chi connectivity index (χ4n) is 1.07. The Bertz CT molecular complexity index is 366. The van der Waals surface area contributed by atoms with Crippen LogP contribution < -0.4 is 10.9 Å². The molecule has 0 spiro atoms. The third-order valence-corrected chi connectivity index (χ3v) is 1.99. The minimum Gasteiger partial charge on any atom is -0.449 e. The first-order valence-corrected chi connectivity index (χ1v) is 5.26. The molecule has 0 aromatic heterocycles. The molecule has 16 heavy (non-hydrogen) atoms. The molecule has 0 radical (unpaired) electrons. The van der Waals surface area contributed by atoms with Gasteiger partial charge < -0.3 is 4.74 Å². The number of nitrogens with one attached hydrogen (secondary N) is 2. The molecular weight excluding hydrogens is 228 g/mol. The Morgan fingerprint density at radius 3 is 2.62 bits per heavy atom. The summed E-state index contributed by atoms with van der Waals surface area (Å²) in [6.45, 7) is 2.05.